The lowest BCUT2D eigenvalue weighted by Crippen LogP contribution is -2.57. The van der Waals surface area contributed by atoms with Crippen molar-refractivity contribution in [2.45, 2.75) is 62.4 Å². The van der Waals surface area contributed by atoms with E-state index in [9.17, 15) is 19.6 Å². The van der Waals surface area contributed by atoms with E-state index in [2.05, 4.69) is 6.07 Å². The van der Waals surface area contributed by atoms with Crippen LogP contribution < -0.4 is 11.5 Å². The maximum Gasteiger partial charge on any atom is 0.248 e. The maximum atomic E-state index is 13.2. The number of nitrogens with zero attached hydrogens (tertiary/aromatic N) is 4. The van der Waals surface area contributed by atoms with Crippen LogP contribution in [0, 0.1) is 17.2 Å². The van der Waals surface area contributed by atoms with Gasteiger partial charge in [-0.25, -0.2) is 0 Å². The fraction of sp³-hybridized carbons (Fsp3) is 0.565. The van der Waals surface area contributed by atoms with E-state index in [0.29, 0.717) is 24.6 Å². The number of hydrogen-bond donors (Lipinski definition) is 2. The van der Waals surface area contributed by atoms with Gasteiger partial charge in [-0.05, 0) is 49.8 Å². The Morgan fingerprint density at radius 1 is 1.22 bits per heavy atom. The summed E-state index contributed by atoms with van der Waals surface area (Å²) in [5.41, 5.74) is 13.0. The van der Waals surface area contributed by atoms with E-state index >= 15 is 0 Å². The summed E-state index contributed by atoms with van der Waals surface area (Å²) < 4.78 is 0. The number of nitriles is 1. The van der Waals surface area contributed by atoms with E-state index in [1.165, 1.54) is 0 Å². The molecule has 3 heterocycles. The summed E-state index contributed by atoms with van der Waals surface area (Å²) in [5.74, 6) is -0.149. The van der Waals surface area contributed by atoms with Crippen molar-refractivity contribution in [1.29, 1.82) is 5.26 Å². The van der Waals surface area contributed by atoms with Gasteiger partial charge in [-0.2, -0.15) is 5.26 Å². The van der Waals surface area contributed by atoms with Crippen molar-refractivity contribution in [3.05, 3.63) is 35.4 Å². The van der Waals surface area contributed by atoms with Gasteiger partial charge in [0.1, 0.15) is 6.04 Å². The Morgan fingerprint density at radius 2 is 1.94 bits per heavy atom. The number of benzene rings is 1. The highest BCUT2D eigenvalue weighted by atomic mass is 16.2. The Balaban J connectivity index is 1.22. The largest absolute Gasteiger partial charge is 0.366 e. The molecule has 4 aliphatic rings. The van der Waals surface area contributed by atoms with Crippen LogP contribution in [-0.2, 0) is 9.59 Å². The van der Waals surface area contributed by atoms with Gasteiger partial charge in [0.15, 0.2) is 0 Å². The molecule has 4 fully saturated rings. The Kier molecular flexibility index (Phi) is 4.95. The number of likely N-dealkylation sites (tertiary alicyclic amines) is 3. The molecule has 3 saturated heterocycles. The number of amides is 3. The van der Waals surface area contributed by atoms with Gasteiger partial charge in [-0.15, -0.1) is 0 Å². The number of primary amides is 1. The molecule has 1 aromatic rings. The Morgan fingerprint density at radius 3 is 2.56 bits per heavy atom. The monoisotopic (exact) mass is 436 g/mol. The standard InChI is InChI=1S/C23H28N6O3/c1-12(13-2-4-14(5-3-13)21(26)30)28-17-8-20(23(28)32)27(10-17)11-18(25)22(31)29-16(9-24)6-15-7-19(15)29/h2-5,12,15-20H,6-8,10-11,25H2,1H3,(H2,26,30)/t12-,15-,16+,17+,18+,19?,20+/m1/s1. The normalized spacial score (nSPS) is 32.5. The molecule has 5 rings (SSSR count). The van der Waals surface area contributed by atoms with Gasteiger partial charge >= 0.3 is 0 Å². The number of piperidine rings is 1. The third-order valence-electron chi connectivity index (χ3n) is 7.67. The average Bonchev–Trinajstić information content (AvgIpc) is 3.11. The molecular weight excluding hydrogens is 408 g/mol. The Labute approximate surface area is 186 Å². The fourth-order valence-corrected chi connectivity index (χ4v) is 5.90. The first-order valence-corrected chi connectivity index (χ1v) is 11.2. The van der Waals surface area contributed by atoms with Crippen LogP contribution in [0.3, 0.4) is 0 Å². The first-order valence-electron chi connectivity index (χ1n) is 11.2. The lowest BCUT2D eigenvalue weighted by atomic mass is 10.0. The van der Waals surface area contributed by atoms with Gasteiger partial charge in [0.2, 0.25) is 17.7 Å². The van der Waals surface area contributed by atoms with Crippen LogP contribution in [0.4, 0.5) is 0 Å². The van der Waals surface area contributed by atoms with E-state index < -0.39 is 11.9 Å². The molecule has 3 aliphatic heterocycles. The molecule has 4 N–H and O–H groups in total. The van der Waals surface area contributed by atoms with E-state index in [1.54, 1.807) is 17.0 Å². The SMILES string of the molecule is C[C@H](c1ccc(C(N)=O)cc1)N1C(=O)[C@@H]2C[C@H]1CN2C[C@H](N)C(=O)N1C2C[C@H]2C[C@H]1C#N. The predicted molar refractivity (Wildman–Crippen MR) is 115 cm³/mol. The fourth-order valence-electron chi connectivity index (χ4n) is 5.90. The summed E-state index contributed by atoms with van der Waals surface area (Å²) >= 11 is 0. The summed E-state index contributed by atoms with van der Waals surface area (Å²) in [7, 11) is 0. The minimum atomic E-state index is -0.732. The molecule has 32 heavy (non-hydrogen) atoms. The highest BCUT2D eigenvalue weighted by Gasteiger charge is 2.56. The van der Waals surface area contributed by atoms with E-state index in [1.807, 2.05) is 28.9 Å². The van der Waals surface area contributed by atoms with E-state index in [4.69, 9.17) is 11.5 Å². The third kappa shape index (κ3) is 3.26. The zero-order valence-corrected chi connectivity index (χ0v) is 18.1. The molecular formula is C23H28N6O3. The second kappa shape index (κ2) is 7.57. The molecule has 1 unspecified atom stereocenters. The second-order valence-corrected chi connectivity index (χ2v) is 9.56. The minimum absolute atomic E-state index is 0.0470. The van der Waals surface area contributed by atoms with Crippen LogP contribution >= 0.6 is 0 Å². The summed E-state index contributed by atoms with van der Waals surface area (Å²) in [5, 5.41) is 9.36. The van der Waals surface area contributed by atoms with Gasteiger partial charge in [0, 0.05) is 30.7 Å². The third-order valence-corrected chi connectivity index (χ3v) is 7.67. The van der Waals surface area contributed by atoms with E-state index in [-0.39, 0.29) is 42.0 Å². The van der Waals surface area contributed by atoms with Gasteiger partial charge in [-0.1, -0.05) is 12.1 Å². The van der Waals surface area contributed by atoms with Gasteiger partial charge in [0.05, 0.1) is 24.2 Å². The highest BCUT2D eigenvalue weighted by molar-refractivity contribution is 5.92. The Hall–Kier alpha value is -2.96. The number of piperazine rings is 1. The van der Waals surface area contributed by atoms with Crippen molar-refractivity contribution in [2.75, 3.05) is 13.1 Å². The topological polar surface area (TPSA) is 137 Å². The van der Waals surface area contributed by atoms with Crippen LogP contribution in [0.1, 0.15) is 48.1 Å². The first kappa shape index (κ1) is 20.9. The van der Waals surface area contributed by atoms with Crippen LogP contribution in [-0.4, -0.2) is 75.7 Å². The molecule has 0 spiro atoms. The van der Waals surface area contributed by atoms with Crippen LogP contribution in [0.25, 0.3) is 0 Å². The van der Waals surface area contributed by atoms with Crippen LogP contribution in [0.5, 0.6) is 0 Å². The van der Waals surface area contributed by atoms with Crippen molar-refractivity contribution in [2.24, 2.45) is 17.4 Å². The molecule has 1 aliphatic carbocycles. The molecule has 9 heteroatoms. The Bertz CT molecular complexity index is 1000. The number of nitrogens with two attached hydrogens (primary N) is 2. The van der Waals surface area contributed by atoms with Gasteiger partial charge < -0.3 is 21.3 Å². The number of fused-ring (bicyclic) bond motifs is 3. The molecule has 1 saturated carbocycles. The zero-order valence-electron chi connectivity index (χ0n) is 18.1. The number of carbonyl (C=O) groups is 3. The smallest absolute Gasteiger partial charge is 0.248 e. The average molecular weight is 437 g/mol. The lowest BCUT2D eigenvalue weighted by molar-refractivity contribution is -0.141. The quantitative estimate of drug-likeness (QED) is 0.643. The molecule has 1 aromatic carbocycles. The predicted octanol–water partition coefficient (Wildman–Crippen LogP) is -0.0281. The number of rotatable bonds is 6. The molecule has 0 radical (unpaired) electrons. The number of carbonyl (C=O) groups excluding carboxylic acids is 3. The first-order chi connectivity index (χ1) is 15.3. The van der Waals surface area contributed by atoms with Gasteiger partial charge in [-0.3, -0.25) is 19.3 Å². The maximum absolute atomic E-state index is 13.2. The molecule has 3 amide bonds. The summed E-state index contributed by atoms with van der Waals surface area (Å²) in [6.45, 7) is 2.99. The molecule has 2 bridgehead atoms. The zero-order chi connectivity index (χ0) is 22.7. The van der Waals surface area contributed by atoms with Crippen molar-refractivity contribution in [3.8, 4) is 6.07 Å². The highest BCUT2D eigenvalue weighted by Crippen LogP contribution is 2.48. The molecule has 0 aromatic heterocycles. The van der Waals surface area contributed by atoms with Gasteiger partial charge in [0.25, 0.3) is 0 Å². The second-order valence-electron chi connectivity index (χ2n) is 9.56. The molecule has 7 atom stereocenters. The van der Waals surface area contributed by atoms with Crippen LogP contribution in [0.2, 0.25) is 0 Å². The summed E-state index contributed by atoms with van der Waals surface area (Å²) in [4.78, 5) is 43.0. The van der Waals surface area contributed by atoms with Crippen molar-refractivity contribution >= 4 is 17.7 Å². The minimum Gasteiger partial charge on any atom is -0.366 e. The van der Waals surface area contributed by atoms with E-state index in [0.717, 1.165) is 24.8 Å². The van der Waals surface area contributed by atoms with Crippen molar-refractivity contribution < 1.29 is 14.4 Å². The summed E-state index contributed by atoms with van der Waals surface area (Å²) in [6.07, 6.45) is 2.44. The van der Waals surface area contributed by atoms with Crippen LogP contribution in [0.15, 0.2) is 24.3 Å². The lowest BCUT2D eigenvalue weighted by Gasteiger charge is -2.38. The number of hydrogen-bond acceptors (Lipinski definition) is 6. The summed E-state index contributed by atoms with van der Waals surface area (Å²) in [6, 6.07) is 8.01. The van der Waals surface area contributed by atoms with Crippen molar-refractivity contribution in [3.63, 3.8) is 0 Å². The molecule has 168 valence electrons. The molecule has 9 nitrogen and oxygen atoms in total. The van der Waals surface area contributed by atoms with Crippen molar-refractivity contribution in [1.82, 2.24) is 14.7 Å².